The lowest BCUT2D eigenvalue weighted by Crippen LogP contribution is -2.05. The van der Waals surface area contributed by atoms with Gasteiger partial charge in [0.25, 0.3) is 0 Å². The second kappa shape index (κ2) is 4.18. The number of phenols is 1. The number of carboxylic acid groups (broad SMARTS) is 2. The van der Waals surface area contributed by atoms with E-state index in [9.17, 15) is 9.59 Å². The lowest BCUT2D eigenvalue weighted by Gasteiger charge is -2.04. The average molecular weight is 214 g/mol. The van der Waals surface area contributed by atoms with Gasteiger partial charge in [0, 0.05) is 18.2 Å². The van der Waals surface area contributed by atoms with Gasteiger partial charge in [-0.15, -0.1) is 0 Å². The molecule has 0 fully saturated rings. The second-order valence-electron chi connectivity index (χ2n) is 2.40. The first-order valence-electron chi connectivity index (χ1n) is 3.63. The third-order valence-corrected chi connectivity index (χ3v) is 1.28. The maximum absolute atomic E-state index is 10.2. The van der Waals surface area contributed by atoms with Crippen molar-refractivity contribution in [3.63, 3.8) is 0 Å². The van der Waals surface area contributed by atoms with Gasteiger partial charge in [0.15, 0.2) is 0 Å². The smallest absolute Gasteiger partial charge is 0.508 e. The molecule has 0 unspecified atom stereocenters. The Balaban J connectivity index is 2.94. The normalized spacial score (nSPS) is 9.33. The van der Waals surface area contributed by atoms with Crippen molar-refractivity contribution in [3.8, 4) is 17.2 Å². The standard InChI is InChI=1S/C8H6O7/c9-4-1-5(14-7(10)11)3-6(2-4)15-8(12)13/h1-3,9H,(H,10,11)(H,12,13). The van der Waals surface area contributed by atoms with Crippen LogP contribution in [0.5, 0.6) is 17.2 Å². The second-order valence-corrected chi connectivity index (χ2v) is 2.40. The monoisotopic (exact) mass is 214 g/mol. The molecule has 0 radical (unpaired) electrons. The fourth-order valence-electron chi connectivity index (χ4n) is 0.876. The molecule has 0 aliphatic heterocycles. The van der Waals surface area contributed by atoms with Gasteiger partial charge in [0.05, 0.1) is 0 Å². The lowest BCUT2D eigenvalue weighted by molar-refractivity contribution is 0.143. The molecule has 0 aliphatic rings. The number of carbonyl (C=O) groups is 2. The Morgan fingerprint density at radius 3 is 1.67 bits per heavy atom. The summed E-state index contributed by atoms with van der Waals surface area (Å²) in [6, 6.07) is 3.02. The summed E-state index contributed by atoms with van der Waals surface area (Å²) >= 11 is 0. The Morgan fingerprint density at radius 1 is 0.933 bits per heavy atom. The fraction of sp³-hybridized carbons (Fsp3) is 0. The molecule has 7 heteroatoms. The molecule has 1 aromatic carbocycles. The maximum atomic E-state index is 10.2. The van der Waals surface area contributed by atoms with Crippen LogP contribution in [0.4, 0.5) is 9.59 Å². The van der Waals surface area contributed by atoms with Crippen molar-refractivity contribution in [2.24, 2.45) is 0 Å². The summed E-state index contributed by atoms with van der Waals surface area (Å²) in [5.74, 6) is -0.845. The zero-order chi connectivity index (χ0) is 11.4. The molecule has 0 atom stereocenters. The maximum Gasteiger partial charge on any atom is 0.511 e. The van der Waals surface area contributed by atoms with Crippen LogP contribution in [0.2, 0.25) is 0 Å². The number of hydrogen-bond acceptors (Lipinski definition) is 5. The molecule has 80 valence electrons. The van der Waals surface area contributed by atoms with Crippen molar-refractivity contribution in [2.45, 2.75) is 0 Å². The summed E-state index contributed by atoms with van der Waals surface area (Å²) < 4.78 is 8.40. The Morgan fingerprint density at radius 2 is 1.33 bits per heavy atom. The molecule has 0 saturated carbocycles. The van der Waals surface area contributed by atoms with E-state index >= 15 is 0 Å². The predicted molar refractivity (Wildman–Crippen MR) is 45.4 cm³/mol. The van der Waals surface area contributed by atoms with E-state index in [4.69, 9.17) is 15.3 Å². The molecule has 0 heterocycles. The van der Waals surface area contributed by atoms with Gasteiger partial charge >= 0.3 is 12.3 Å². The van der Waals surface area contributed by atoms with Crippen molar-refractivity contribution in [1.29, 1.82) is 0 Å². The molecule has 3 N–H and O–H groups in total. The Kier molecular flexibility index (Phi) is 2.97. The van der Waals surface area contributed by atoms with Crippen LogP contribution in [-0.2, 0) is 0 Å². The molecule has 0 spiro atoms. The zero-order valence-electron chi connectivity index (χ0n) is 7.21. The number of ether oxygens (including phenoxy) is 2. The average Bonchev–Trinajstić information content (AvgIpc) is 1.98. The summed E-state index contributed by atoms with van der Waals surface area (Å²) in [5, 5.41) is 25.6. The van der Waals surface area contributed by atoms with Crippen LogP contribution < -0.4 is 9.47 Å². The van der Waals surface area contributed by atoms with Crippen molar-refractivity contribution < 1.29 is 34.4 Å². The van der Waals surface area contributed by atoms with E-state index in [1.165, 1.54) is 0 Å². The molecule has 0 aliphatic carbocycles. The van der Waals surface area contributed by atoms with E-state index in [-0.39, 0.29) is 17.2 Å². The first kappa shape index (κ1) is 10.6. The van der Waals surface area contributed by atoms with Crippen LogP contribution in [0.1, 0.15) is 0 Å². The van der Waals surface area contributed by atoms with Gasteiger partial charge < -0.3 is 24.8 Å². The van der Waals surface area contributed by atoms with Crippen LogP contribution in [0, 0.1) is 0 Å². The third-order valence-electron chi connectivity index (χ3n) is 1.28. The summed E-state index contributed by atoms with van der Waals surface area (Å²) in [4.78, 5) is 20.3. The van der Waals surface area contributed by atoms with Gasteiger partial charge in [-0.2, -0.15) is 0 Å². The number of phenolic OH excluding ortho intramolecular Hbond substituents is 1. The predicted octanol–water partition coefficient (Wildman–Crippen LogP) is 1.51. The van der Waals surface area contributed by atoms with Crippen LogP contribution in [0.15, 0.2) is 18.2 Å². The van der Waals surface area contributed by atoms with Gasteiger partial charge in [0.2, 0.25) is 0 Å². The van der Waals surface area contributed by atoms with Gasteiger partial charge in [-0.05, 0) is 0 Å². The summed E-state index contributed by atoms with van der Waals surface area (Å²) in [7, 11) is 0. The fourth-order valence-corrected chi connectivity index (χ4v) is 0.876. The SMILES string of the molecule is O=C(O)Oc1cc(O)cc(OC(=O)O)c1. The van der Waals surface area contributed by atoms with Gasteiger partial charge in [0.1, 0.15) is 17.2 Å². The molecule has 0 bridgehead atoms. The topological polar surface area (TPSA) is 113 Å². The van der Waals surface area contributed by atoms with Crippen molar-refractivity contribution >= 4 is 12.3 Å². The number of benzene rings is 1. The summed E-state index contributed by atoms with van der Waals surface area (Å²) in [6.07, 6.45) is -3.16. The highest BCUT2D eigenvalue weighted by Crippen LogP contribution is 2.26. The van der Waals surface area contributed by atoms with E-state index in [0.29, 0.717) is 0 Å². The molecule has 0 aromatic heterocycles. The Labute approximate surface area is 83.1 Å². The van der Waals surface area contributed by atoms with Crippen molar-refractivity contribution in [1.82, 2.24) is 0 Å². The molecular formula is C8H6O7. The van der Waals surface area contributed by atoms with Crippen LogP contribution in [0.25, 0.3) is 0 Å². The minimum atomic E-state index is -1.58. The Hall–Kier alpha value is -2.44. The van der Waals surface area contributed by atoms with Gasteiger partial charge in [-0.1, -0.05) is 0 Å². The molecule has 15 heavy (non-hydrogen) atoms. The summed E-state index contributed by atoms with van der Waals surface area (Å²) in [6.45, 7) is 0. The van der Waals surface area contributed by atoms with E-state index in [1.54, 1.807) is 0 Å². The highest BCUT2D eigenvalue weighted by Gasteiger charge is 2.08. The Bertz CT molecular complexity index is 364. The molecule has 1 aromatic rings. The summed E-state index contributed by atoms with van der Waals surface area (Å²) in [5.41, 5.74) is 0. The lowest BCUT2D eigenvalue weighted by atomic mass is 10.3. The molecule has 7 nitrogen and oxygen atoms in total. The van der Waals surface area contributed by atoms with Crippen LogP contribution >= 0.6 is 0 Å². The van der Waals surface area contributed by atoms with E-state index in [2.05, 4.69) is 9.47 Å². The first-order valence-corrected chi connectivity index (χ1v) is 3.63. The van der Waals surface area contributed by atoms with Crippen LogP contribution in [0.3, 0.4) is 0 Å². The van der Waals surface area contributed by atoms with E-state index < -0.39 is 12.3 Å². The minimum Gasteiger partial charge on any atom is -0.508 e. The molecule has 0 amide bonds. The van der Waals surface area contributed by atoms with Crippen LogP contribution in [-0.4, -0.2) is 27.6 Å². The van der Waals surface area contributed by atoms with E-state index in [1.807, 2.05) is 0 Å². The van der Waals surface area contributed by atoms with Crippen molar-refractivity contribution in [2.75, 3.05) is 0 Å². The number of rotatable bonds is 2. The van der Waals surface area contributed by atoms with Gasteiger partial charge in [-0.25, -0.2) is 9.59 Å². The van der Waals surface area contributed by atoms with Gasteiger partial charge in [-0.3, -0.25) is 0 Å². The first-order chi connectivity index (χ1) is 6.97. The highest BCUT2D eigenvalue weighted by molar-refractivity contribution is 5.64. The van der Waals surface area contributed by atoms with Crippen molar-refractivity contribution in [3.05, 3.63) is 18.2 Å². The number of aromatic hydroxyl groups is 1. The quantitative estimate of drug-likeness (QED) is 0.504. The zero-order valence-corrected chi connectivity index (χ0v) is 7.21. The third kappa shape index (κ3) is 3.43. The largest absolute Gasteiger partial charge is 0.511 e. The molecular weight excluding hydrogens is 208 g/mol. The van der Waals surface area contributed by atoms with E-state index in [0.717, 1.165) is 18.2 Å². The molecule has 0 saturated heterocycles. The minimum absolute atomic E-state index is 0.237. The molecule has 1 rings (SSSR count). The highest BCUT2D eigenvalue weighted by atomic mass is 16.7. The number of hydrogen-bond donors (Lipinski definition) is 3.